The van der Waals surface area contributed by atoms with Gasteiger partial charge in [0.05, 0.1) is 10.5 Å². The van der Waals surface area contributed by atoms with Crippen LogP contribution in [0.5, 0.6) is 0 Å². The molecule has 0 spiro atoms. The maximum Gasteiger partial charge on any atom is 0.303 e. The second kappa shape index (κ2) is 7.04. The van der Waals surface area contributed by atoms with Crippen LogP contribution in [0, 0.1) is 0 Å². The Kier molecular flexibility index (Phi) is 5.69. The molecule has 0 aliphatic carbocycles. The van der Waals surface area contributed by atoms with E-state index in [4.69, 9.17) is 5.11 Å². The molecule has 0 bridgehead atoms. The minimum Gasteiger partial charge on any atom is -0.481 e. The second-order valence-corrected chi connectivity index (χ2v) is 6.36. The lowest BCUT2D eigenvalue weighted by Crippen LogP contribution is -2.26. The molecule has 2 N–H and O–H groups in total. The normalized spacial score (nSPS) is 11.1. The zero-order valence-electron chi connectivity index (χ0n) is 11.1. The minimum atomic E-state index is -3.46. The molecule has 0 radical (unpaired) electrons. The van der Waals surface area contributed by atoms with Gasteiger partial charge in [-0.3, -0.25) is 9.59 Å². The lowest BCUT2D eigenvalue weighted by atomic mass is 10.2. The molecule has 0 saturated carbocycles. The Balaban J connectivity index is 2.63. The average molecular weight is 299 g/mol. The number of carboxylic acid groups (broad SMARTS) is 1. The first-order valence-corrected chi connectivity index (χ1v) is 8.00. The number of sulfone groups is 1. The molecule has 0 unspecified atom stereocenters. The number of carboxylic acids is 1. The van der Waals surface area contributed by atoms with Gasteiger partial charge in [-0.2, -0.15) is 0 Å². The number of benzene rings is 1. The summed E-state index contributed by atoms with van der Waals surface area (Å²) in [5.41, 5.74) is 0.105. The van der Waals surface area contributed by atoms with Crippen molar-refractivity contribution in [2.75, 3.05) is 12.8 Å². The van der Waals surface area contributed by atoms with Gasteiger partial charge >= 0.3 is 5.97 Å². The molecule has 0 fully saturated rings. The molecule has 0 heterocycles. The highest BCUT2D eigenvalue weighted by molar-refractivity contribution is 7.90. The van der Waals surface area contributed by atoms with Crippen molar-refractivity contribution < 1.29 is 23.1 Å². The molecule has 7 heteroatoms. The Hall–Kier alpha value is -1.89. The highest BCUT2D eigenvalue weighted by atomic mass is 32.2. The van der Waals surface area contributed by atoms with Crippen LogP contribution in [0.25, 0.3) is 0 Å². The number of unbranched alkanes of at least 4 members (excludes halogenated alkanes) is 1. The van der Waals surface area contributed by atoms with Crippen molar-refractivity contribution in [3.05, 3.63) is 29.8 Å². The van der Waals surface area contributed by atoms with E-state index in [1.807, 2.05) is 0 Å². The number of aliphatic carboxylic acids is 1. The van der Waals surface area contributed by atoms with Crippen molar-refractivity contribution >= 4 is 21.7 Å². The van der Waals surface area contributed by atoms with Gasteiger partial charge in [0.25, 0.3) is 5.91 Å². The fourth-order valence-corrected chi connectivity index (χ4v) is 2.56. The molecule has 0 saturated heterocycles. The van der Waals surface area contributed by atoms with Crippen LogP contribution in [-0.2, 0) is 14.6 Å². The number of rotatable bonds is 7. The number of hydrogen-bond donors (Lipinski definition) is 2. The predicted octanol–water partition coefficient (Wildman–Crippen LogP) is 1.07. The van der Waals surface area contributed by atoms with E-state index < -0.39 is 21.7 Å². The summed E-state index contributed by atoms with van der Waals surface area (Å²) in [5, 5.41) is 11.1. The summed E-state index contributed by atoms with van der Waals surface area (Å²) >= 11 is 0. The van der Waals surface area contributed by atoms with Crippen LogP contribution in [0.4, 0.5) is 0 Å². The average Bonchev–Trinajstić information content (AvgIpc) is 2.36. The molecular formula is C13H17NO5S. The van der Waals surface area contributed by atoms with Crippen LogP contribution in [-0.4, -0.2) is 38.2 Å². The third kappa shape index (κ3) is 5.00. The van der Waals surface area contributed by atoms with Crippen molar-refractivity contribution in [2.24, 2.45) is 0 Å². The van der Waals surface area contributed by atoms with Crippen molar-refractivity contribution in [3.63, 3.8) is 0 Å². The quantitative estimate of drug-likeness (QED) is 0.734. The topological polar surface area (TPSA) is 101 Å². The third-order valence-corrected chi connectivity index (χ3v) is 3.79. The molecule has 1 amide bonds. The first-order chi connectivity index (χ1) is 9.32. The van der Waals surface area contributed by atoms with E-state index in [1.165, 1.54) is 12.1 Å². The summed E-state index contributed by atoms with van der Waals surface area (Å²) in [4.78, 5) is 22.2. The summed E-state index contributed by atoms with van der Waals surface area (Å²) in [6, 6.07) is 5.98. The first kappa shape index (κ1) is 16.2. The van der Waals surface area contributed by atoms with Crippen molar-refractivity contribution in [3.8, 4) is 0 Å². The van der Waals surface area contributed by atoms with Crippen LogP contribution in [0.15, 0.2) is 29.2 Å². The minimum absolute atomic E-state index is 0.0111. The highest BCUT2D eigenvalue weighted by Crippen LogP contribution is 2.15. The fourth-order valence-electron chi connectivity index (χ4n) is 1.68. The van der Waals surface area contributed by atoms with Crippen LogP contribution >= 0.6 is 0 Å². The number of carbonyl (C=O) groups excluding carboxylic acids is 1. The molecule has 0 aromatic heterocycles. The van der Waals surface area contributed by atoms with Gasteiger partial charge in [-0.15, -0.1) is 0 Å². The van der Waals surface area contributed by atoms with Crippen molar-refractivity contribution in [1.82, 2.24) is 5.32 Å². The number of nitrogens with one attached hydrogen (secondary N) is 1. The number of carbonyl (C=O) groups is 2. The van der Waals surface area contributed by atoms with Gasteiger partial charge in [-0.1, -0.05) is 12.1 Å². The van der Waals surface area contributed by atoms with E-state index in [1.54, 1.807) is 12.1 Å². The number of hydrogen-bond acceptors (Lipinski definition) is 4. The summed E-state index contributed by atoms with van der Waals surface area (Å²) < 4.78 is 23.1. The summed E-state index contributed by atoms with van der Waals surface area (Å²) in [7, 11) is -3.46. The van der Waals surface area contributed by atoms with Gasteiger partial charge < -0.3 is 10.4 Å². The van der Waals surface area contributed by atoms with E-state index in [0.29, 0.717) is 19.4 Å². The zero-order valence-corrected chi connectivity index (χ0v) is 11.9. The lowest BCUT2D eigenvalue weighted by molar-refractivity contribution is -0.137. The Labute approximate surface area is 117 Å². The van der Waals surface area contributed by atoms with E-state index >= 15 is 0 Å². The second-order valence-electron chi connectivity index (χ2n) is 4.38. The zero-order chi connectivity index (χ0) is 15.2. The van der Waals surface area contributed by atoms with Crippen LogP contribution < -0.4 is 5.32 Å². The van der Waals surface area contributed by atoms with Gasteiger partial charge in [-0.25, -0.2) is 8.42 Å². The Morgan fingerprint density at radius 1 is 1.20 bits per heavy atom. The monoisotopic (exact) mass is 299 g/mol. The van der Waals surface area contributed by atoms with Gasteiger partial charge in [0.2, 0.25) is 0 Å². The highest BCUT2D eigenvalue weighted by Gasteiger charge is 2.17. The molecule has 1 rings (SSSR count). The Bertz CT molecular complexity index is 595. The van der Waals surface area contributed by atoms with Crippen LogP contribution in [0.2, 0.25) is 0 Å². The molecule has 0 atom stereocenters. The fraction of sp³-hybridized carbons (Fsp3) is 0.385. The third-order valence-electron chi connectivity index (χ3n) is 2.63. The molecule has 6 nitrogen and oxygen atoms in total. The summed E-state index contributed by atoms with van der Waals surface area (Å²) in [6.07, 6.45) is 2.09. The van der Waals surface area contributed by atoms with E-state index in [0.717, 1.165) is 6.26 Å². The van der Waals surface area contributed by atoms with Crippen molar-refractivity contribution in [2.45, 2.75) is 24.2 Å². The van der Waals surface area contributed by atoms with Gasteiger partial charge in [0.15, 0.2) is 9.84 Å². The molecule has 0 aliphatic heterocycles. The maximum atomic E-state index is 11.9. The molecule has 20 heavy (non-hydrogen) atoms. The van der Waals surface area contributed by atoms with Crippen molar-refractivity contribution in [1.29, 1.82) is 0 Å². The van der Waals surface area contributed by atoms with Gasteiger partial charge in [0.1, 0.15) is 0 Å². The number of amides is 1. The van der Waals surface area contributed by atoms with E-state index in [2.05, 4.69) is 5.32 Å². The van der Waals surface area contributed by atoms with Gasteiger partial charge in [0, 0.05) is 19.2 Å². The molecule has 1 aromatic rings. The Morgan fingerprint density at radius 3 is 2.45 bits per heavy atom. The smallest absolute Gasteiger partial charge is 0.303 e. The molecular weight excluding hydrogens is 282 g/mol. The lowest BCUT2D eigenvalue weighted by Gasteiger charge is -2.08. The SMILES string of the molecule is CS(=O)(=O)c1ccccc1C(=O)NCCCCC(=O)O. The van der Waals surface area contributed by atoms with Crippen LogP contribution in [0.1, 0.15) is 29.6 Å². The molecule has 110 valence electrons. The Morgan fingerprint density at radius 2 is 1.85 bits per heavy atom. The predicted molar refractivity (Wildman–Crippen MR) is 73.4 cm³/mol. The standard InChI is InChI=1S/C13H17NO5S/c1-20(18,19)11-7-3-2-6-10(11)13(17)14-9-5-4-8-12(15)16/h2-3,6-7H,4-5,8-9H2,1H3,(H,14,17)(H,15,16). The molecule has 1 aromatic carbocycles. The summed E-state index contributed by atoms with van der Waals surface area (Å²) in [5.74, 6) is -1.35. The van der Waals surface area contributed by atoms with E-state index in [-0.39, 0.29) is 16.9 Å². The van der Waals surface area contributed by atoms with Gasteiger partial charge in [-0.05, 0) is 25.0 Å². The largest absolute Gasteiger partial charge is 0.481 e. The maximum absolute atomic E-state index is 11.9. The van der Waals surface area contributed by atoms with Crippen LogP contribution in [0.3, 0.4) is 0 Å². The first-order valence-electron chi connectivity index (χ1n) is 6.11. The van der Waals surface area contributed by atoms with E-state index in [9.17, 15) is 18.0 Å². The molecule has 0 aliphatic rings. The summed E-state index contributed by atoms with van der Waals surface area (Å²) in [6.45, 7) is 0.310.